The monoisotopic (exact) mass is 325 g/mol. The van der Waals surface area contributed by atoms with Crippen molar-refractivity contribution in [3.63, 3.8) is 0 Å². The third-order valence-electron chi connectivity index (χ3n) is 4.24. The summed E-state index contributed by atoms with van der Waals surface area (Å²) in [7, 11) is 0. The first-order valence-corrected chi connectivity index (χ1v) is 8.37. The second-order valence-electron chi connectivity index (χ2n) is 6.47. The quantitative estimate of drug-likeness (QED) is 0.775. The first kappa shape index (κ1) is 16.5. The highest BCUT2D eigenvalue weighted by atomic mass is 16.5. The Morgan fingerprint density at radius 2 is 1.92 bits per heavy atom. The lowest BCUT2D eigenvalue weighted by Gasteiger charge is -2.13. The lowest BCUT2D eigenvalue weighted by molar-refractivity contribution is 0.0697. The molecule has 0 amide bonds. The van der Waals surface area contributed by atoms with Gasteiger partial charge in [-0.2, -0.15) is 0 Å². The number of hydrogen-bond donors (Lipinski definition) is 2. The third kappa shape index (κ3) is 4.59. The summed E-state index contributed by atoms with van der Waals surface area (Å²) in [6.07, 6.45) is 2.57. The Balaban J connectivity index is 1.56. The van der Waals surface area contributed by atoms with Crippen molar-refractivity contribution in [3.8, 4) is 5.75 Å². The molecule has 126 valence electrons. The van der Waals surface area contributed by atoms with Crippen LogP contribution >= 0.6 is 0 Å². The maximum Gasteiger partial charge on any atom is 0.335 e. The van der Waals surface area contributed by atoms with Crippen molar-refractivity contribution in [1.29, 1.82) is 0 Å². The van der Waals surface area contributed by atoms with Crippen LogP contribution in [0.15, 0.2) is 42.5 Å². The van der Waals surface area contributed by atoms with Crippen molar-refractivity contribution in [1.82, 2.24) is 5.32 Å². The minimum atomic E-state index is -0.897. The largest absolute Gasteiger partial charge is 0.493 e. The Morgan fingerprint density at radius 1 is 1.17 bits per heavy atom. The standard InChI is InChI=1S/C20H23NO3/c1-14-2-7-18(19(10-14)24-13-16-3-4-16)12-21-11-15-5-8-17(9-6-15)20(22)23/h2,5-10,16,21H,3-4,11-13H2,1H3,(H,22,23). The fraction of sp³-hybridized carbons (Fsp3) is 0.350. The Bertz CT molecular complexity index is 705. The van der Waals surface area contributed by atoms with Gasteiger partial charge in [0.05, 0.1) is 12.2 Å². The summed E-state index contributed by atoms with van der Waals surface area (Å²) in [6, 6.07) is 13.3. The van der Waals surface area contributed by atoms with Gasteiger partial charge in [-0.25, -0.2) is 4.79 Å². The zero-order valence-electron chi connectivity index (χ0n) is 13.9. The number of carboxylic acid groups (broad SMARTS) is 1. The van der Waals surface area contributed by atoms with E-state index in [2.05, 4.69) is 30.4 Å². The number of hydrogen-bond acceptors (Lipinski definition) is 3. The molecule has 0 spiro atoms. The van der Waals surface area contributed by atoms with Gasteiger partial charge in [-0.15, -0.1) is 0 Å². The predicted molar refractivity (Wildman–Crippen MR) is 93.3 cm³/mol. The van der Waals surface area contributed by atoms with E-state index in [1.54, 1.807) is 12.1 Å². The summed E-state index contributed by atoms with van der Waals surface area (Å²) < 4.78 is 5.98. The molecule has 2 N–H and O–H groups in total. The minimum Gasteiger partial charge on any atom is -0.493 e. The molecule has 0 unspecified atom stereocenters. The van der Waals surface area contributed by atoms with Crippen LogP contribution in [-0.4, -0.2) is 17.7 Å². The molecule has 4 nitrogen and oxygen atoms in total. The highest BCUT2D eigenvalue weighted by Gasteiger charge is 2.22. The van der Waals surface area contributed by atoms with E-state index in [0.717, 1.165) is 35.9 Å². The van der Waals surface area contributed by atoms with Crippen LogP contribution in [0, 0.1) is 12.8 Å². The molecule has 0 bridgehead atoms. The van der Waals surface area contributed by atoms with Crippen LogP contribution in [0.3, 0.4) is 0 Å². The zero-order chi connectivity index (χ0) is 16.9. The molecule has 0 heterocycles. The first-order valence-electron chi connectivity index (χ1n) is 8.37. The van der Waals surface area contributed by atoms with Gasteiger partial charge in [-0.3, -0.25) is 0 Å². The van der Waals surface area contributed by atoms with Crippen LogP contribution in [0.4, 0.5) is 0 Å². The normalized spacial score (nSPS) is 13.7. The fourth-order valence-corrected chi connectivity index (χ4v) is 2.54. The second-order valence-corrected chi connectivity index (χ2v) is 6.47. The maximum absolute atomic E-state index is 10.9. The van der Waals surface area contributed by atoms with Crippen molar-refractivity contribution in [2.75, 3.05) is 6.61 Å². The summed E-state index contributed by atoms with van der Waals surface area (Å²) in [5.41, 5.74) is 3.73. The average molecular weight is 325 g/mol. The number of rotatable bonds is 8. The maximum atomic E-state index is 10.9. The average Bonchev–Trinajstić information content (AvgIpc) is 3.39. The van der Waals surface area contributed by atoms with Crippen molar-refractivity contribution < 1.29 is 14.6 Å². The minimum absolute atomic E-state index is 0.313. The van der Waals surface area contributed by atoms with Gasteiger partial charge < -0.3 is 15.2 Å². The smallest absolute Gasteiger partial charge is 0.335 e. The molecule has 1 fully saturated rings. The Labute approximate surface area is 142 Å². The van der Waals surface area contributed by atoms with E-state index in [9.17, 15) is 4.79 Å². The van der Waals surface area contributed by atoms with Crippen LogP contribution in [0.25, 0.3) is 0 Å². The van der Waals surface area contributed by atoms with Gasteiger partial charge in [0.25, 0.3) is 0 Å². The van der Waals surface area contributed by atoms with Crippen LogP contribution in [-0.2, 0) is 13.1 Å². The first-order chi connectivity index (χ1) is 11.6. The van der Waals surface area contributed by atoms with Crippen LogP contribution in [0.2, 0.25) is 0 Å². The molecule has 1 aliphatic rings. The molecule has 0 aromatic heterocycles. The molecule has 0 radical (unpaired) electrons. The Kier molecular flexibility index (Phi) is 5.16. The lowest BCUT2D eigenvalue weighted by atomic mass is 10.1. The van der Waals surface area contributed by atoms with Crippen molar-refractivity contribution in [2.24, 2.45) is 5.92 Å². The molecule has 1 aliphatic carbocycles. The summed E-state index contributed by atoms with van der Waals surface area (Å²) in [5.74, 6) is 0.807. The zero-order valence-corrected chi connectivity index (χ0v) is 13.9. The van der Waals surface area contributed by atoms with Gasteiger partial charge in [-0.05, 0) is 55.0 Å². The summed E-state index contributed by atoms with van der Waals surface area (Å²) in [4.78, 5) is 10.9. The van der Waals surface area contributed by atoms with Gasteiger partial charge in [0.15, 0.2) is 0 Å². The van der Waals surface area contributed by atoms with Crippen LogP contribution in [0.1, 0.15) is 39.9 Å². The van der Waals surface area contributed by atoms with Crippen LogP contribution < -0.4 is 10.1 Å². The molecule has 4 heteroatoms. The second kappa shape index (κ2) is 7.49. The molecule has 0 atom stereocenters. The molecule has 3 rings (SSSR count). The van der Waals surface area contributed by atoms with E-state index in [1.807, 2.05) is 12.1 Å². The van der Waals surface area contributed by atoms with E-state index in [0.29, 0.717) is 12.1 Å². The number of carbonyl (C=O) groups is 1. The van der Waals surface area contributed by atoms with E-state index in [1.165, 1.54) is 18.4 Å². The number of ether oxygens (including phenoxy) is 1. The molecule has 0 aliphatic heterocycles. The number of nitrogens with one attached hydrogen (secondary N) is 1. The van der Waals surface area contributed by atoms with Gasteiger partial charge in [0.2, 0.25) is 0 Å². The van der Waals surface area contributed by atoms with Crippen molar-refractivity contribution in [3.05, 3.63) is 64.7 Å². The van der Waals surface area contributed by atoms with E-state index >= 15 is 0 Å². The van der Waals surface area contributed by atoms with Crippen LogP contribution in [0.5, 0.6) is 5.75 Å². The van der Waals surface area contributed by atoms with Crippen molar-refractivity contribution >= 4 is 5.97 Å². The van der Waals surface area contributed by atoms with Gasteiger partial charge >= 0.3 is 5.97 Å². The fourth-order valence-electron chi connectivity index (χ4n) is 2.54. The lowest BCUT2D eigenvalue weighted by Crippen LogP contribution is -2.14. The summed E-state index contributed by atoms with van der Waals surface area (Å²) in [5, 5.41) is 12.3. The topological polar surface area (TPSA) is 58.6 Å². The highest BCUT2D eigenvalue weighted by Crippen LogP contribution is 2.30. The molecular weight excluding hydrogens is 302 g/mol. The van der Waals surface area contributed by atoms with E-state index in [-0.39, 0.29) is 0 Å². The predicted octanol–water partition coefficient (Wildman–Crippen LogP) is 3.77. The number of aryl methyl sites for hydroxylation is 1. The highest BCUT2D eigenvalue weighted by molar-refractivity contribution is 5.87. The van der Waals surface area contributed by atoms with E-state index in [4.69, 9.17) is 9.84 Å². The molecule has 0 saturated heterocycles. The summed E-state index contributed by atoms with van der Waals surface area (Å²) in [6.45, 7) is 4.30. The van der Waals surface area contributed by atoms with Gasteiger partial charge in [0, 0.05) is 18.7 Å². The molecule has 1 saturated carbocycles. The summed E-state index contributed by atoms with van der Waals surface area (Å²) >= 11 is 0. The van der Waals surface area contributed by atoms with Gasteiger partial charge in [-0.1, -0.05) is 24.3 Å². The Hall–Kier alpha value is -2.33. The van der Waals surface area contributed by atoms with Crippen molar-refractivity contribution in [2.45, 2.75) is 32.9 Å². The number of carboxylic acids is 1. The SMILES string of the molecule is Cc1ccc(CNCc2ccc(C(=O)O)cc2)c(OCC2CC2)c1. The van der Waals surface area contributed by atoms with E-state index < -0.39 is 5.97 Å². The number of benzene rings is 2. The molecule has 2 aromatic rings. The third-order valence-corrected chi connectivity index (χ3v) is 4.24. The molecule has 24 heavy (non-hydrogen) atoms. The number of aromatic carboxylic acids is 1. The Morgan fingerprint density at radius 3 is 2.58 bits per heavy atom. The molecular formula is C20H23NO3. The molecule has 2 aromatic carbocycles. The van der Waals surface area contributed by atoms with Gasteiger partial charge in [0.1, 0.15) is 5.75 Å².